The molecule has 7 nitrogen and oxygen atoms in total. The van der Waals surface area contributed by atoms with Gasteiger partial charge in [0.25, 0.3) is 0 Å². The summed E-state index contributed by atoms with van der Waals surface area (Å²) in [5, 5.41) is 21.4. The quantitative estimate of drug-likeness (QED) is 0.616. The predicted octanol–water partition coefficient (Wildman–Crippen LogP) is 3.08. The largest absolute Gasteiger partial charge is 0.870 e. The van der Waals surface area contributed by atoms with E-state index in [0.717, 1.165) is 40.6 Å². The van der Waals surface area contributed by atoms with Gasteiger partial charge in [-0.05, 0) is 29.1 Å². The summed E-state index contributed by atoms with van der Waals surface area (Å²) in [7, 11) is 4.79. The molecule has 2 heterocycles. The second-order valence-electron chi connectivity index (χ2n) is 6.90. The molecule has 1 aliphatic rings. The molecule has 170 valence electrons. The SMILES string of the molecule is COc1cc2c(cc1[O-])-c1cc3cc(OC)c(OC)cc3c[n+]1CC2.O=C(O)C(F)(F)F. The van der Waals surface area contributed by atoms with Crippen LogP contribution in [0.2, 0.25) is 0 Å². The molecule has 0 bridgehead atoms. The highest BCUT2D eigenvalue weighted by atomic mass is 19.4. The Morgan fingerprint density at radius 3 is 2.06 bits per heavy atom. The molecule has 0 amide bonds. The zero-order valence-corrected chi connectivity index (χ0v) is 17.4. The van der Waals surface area contributed by atoms with E-state index in [4.69, 9.17) is 24.1 Å². The number of carboxylic acids is 1. The average Bonchev–Trinajstić information content (AvgIpc) is 2.76. The molecule has 2 aromatic carbocycles. The van der Waals surface area contributed by atoms with Crippen molar-refractivity contribution in [2.45, 2.75) is 19.1 Å². The standard InChI is InChI=1S/C20H19NO4.C2HF3O2/c1-23-18-7-12-4-5-21-11-14-9-20(25-3)19(24-2)8-13(14)6-16(21)15(12)10-17(18)22;3-2(4,5)1(6)7/h6-11H,4-5H2,1-3H3;(H,6,7). The van der Waals surface area contributed by atoms with Crippen LogP contribution in [-0.2, 0) is 17.8 Å². The fourth-order valence-electron chi connectivity index (χ4n) is 3.48. The molecular formula is C22H20F3NO6. The number of benzene rings is 2. The summed E-state index contributed by atoms with van der Waals surface area (Å²) in [6, 6.07) is 9.57. The predicted molar refractivity (Wildman–Crippen MR) is 106 cm³/mol. The maximum atomic E-state index is 12.2. The number of halogens is 3. The number of alkyl halides is 3. The number of rotatable bonds is 3. The van der Waals surface area contributed by atoms with Crippen molar-refractivity contribution >= 4 is 16.7 Å². The number of fused-ring (bicyclic) bond motifs is 4. The molecule has 1 aliphatic heterocycles. The first kappa shape index (κ1) is 23.0. The highest BCUT2D eigenvalue weighted by Crippen LogP contribution is 2.37. The number of aliphatic carboxylic acids is 1. The van der Waals surface area contributed by atoms with Crippen molar-refractivity contribution in [1.82, 2.24) is 0 Å². The topological polar surface area (TPSA) is 91.9 Å². The van der Waals surface area contributed by atoms with Gasteiger partial charge in [-0.15, -0.1) is 0 Å². The van der Waals surface area contributed by atoms with Crippen LogP contribution >= 0.6 is 0 Å². The summed E-state index contributed by atoms with van der Waals surface area (Å²) < 4.78 is 49.9. The summed E-state index contributed by atoms with van der Waals surface area (Å²) in [6.07, 6.45) is -2.12. The van der Waals surface area contributed by atoms with Gasteiger partial charge in [0.2, 0.25) is 5.69 Å². The molecule has 0 spiro atoms. The smallest absolute Gasteiger partial charge is 0.490 e. The molecule has 0 atom stereocenters. The van der Waals surface area contributed by atoms with Crippen molar-refractivity contribution in [3.8, 4) is 34.3 Å². The Balaban J connectivity index is 0.000000360. The van der Waals surface area contributed by atoms with Crippen molar-refractivity contribution < 1.29 is 47.0 Å². The van der Waals surface area contributed by atoms with Crippen LogP contribution in [0.15, 0.2) is 36.5 Å². The summed E-state index contributed by atoms with van der Waals surface area (Å²) in [6.45, 7) is 0.855. The molecule has 0 aliphatic carbocycles. The van der Waals surface area contributed by atoms with Gasteiger partial charge in [-0.25, -0.2) is 4.79 Å². The maximum Gasteiger partial charge on any atom is 0.490 e. The molecule has 0 saturated carbocycles. The zero-order chi connectivity index (χ0) is 23.6. The average molecular weight is 451 g/mol. The molecular weight excluding hydrogens is 431 g/mol. The van der Waals surface area contributed by atoms with Gasteiger partial charge in [-0.3, -0.25) is 0 Å². The zero-order valence-electron chi connectivity index (χ0n) is 17.4. The molecule has 1 N–H and O–H groups in total. The van der Waals surface area contributed by atoms with Gasteiger partial charge in [0.15, 0.2) is 24.2 Å². The van der Waals surface area contributed by atoms with E-state index in [2.05, 4.69) is 16.8 Å². The number of aryl methyl sites for hydroxylation is 2. The highest BCUT2D eigenvalue weighted by molar-refractivity contribution is 5.87. The van der Waals surface area contributed by atoms with Crippen LogP contribution in [0.3, 0.4) is 0 Å². The number of hydrogen-bond acceptors (Lipinski definition) is 5. The molecule has 0 radical (unpaired) electrons. The fourth-order valence-corrected chi connectivity index (χ4v) is 3.48. The lowest BCUT2D eigenvalue weighted by atomic mass is 9.95. The van der Waals surface area contributed by atoms with E-state index < -0.39 is 12.1 Å². The highest BCUT2D eigenvalue weighted by Gasteiger charge is 2.38. The van der Waals surface area contributed by atoms with Gasteiger partial charge in [0, 0.05) is 23.4 Å². The van der Waals surface area contributed by atoms with E-state index >= 15 is 0 Å². The Morgan fingerprint density at radius 2 is 1.53 bits per heavy atom. The van der Waals surface area contributed by atoms with E-state index in [0.29, 0.717) is 17.2 Å². The second kappa shape index (κ2) is 8.81. The van der Waals surface area contributed by atoms with Gasteiger partial charge < -0.3 is 24.4 Å². The molecule has 10 heteroatoms. The number of pyridine rings is 1. The molecule has 0 saturated heterocycles. The minimum atomic E-state index is -5.08. The van der Waals surface area contributed by atoms with Gasteiger partial charge in [0.05, 0.1) is 21.3 Å². The third-order valence-corrected chi connectivity index (χ3v) is 5.02. The molecule has 1 aromatic heterocycles. The van der Waals surface area contributed by atoms with Crippen LogP contribution in [0, 0.1) is 0 Å². The van der Waals surface area contributed by atoms with Crippen LogP contribution < -0.4 is 23.9 Å². The number of hydrogen-bond donors (Lipinski definition) is 1. The van der Waals surface area contributed by atoms with E-state index in [9.17, 15) is 18.3 Å². The van der Waals surface area contributed by atoms with Gasteiger partial charge in [-0.2, -0.15) is 17.7 Å². The number of ether oxygens (including phenoxy) is 3. The van der Waals surface area contributed by atoms with E-state index in [-0.39, 0.29) is 5.75 Å². The van der Waals surface area contributed by atoms with Crippen LogP contribution in [-0.4, -0.2) is 38.6 Å². The summed E-state index contributed by atoms with van der Waals surface area (Å²) in [5.74, 6) is -1.05. The number of nitrogens with zero attached hydrogens (tertiary/aromatic N) is 1. The van der Waals surface area contributed by atoms with Gasteiger partial charge >= 0.3 is 12.1 Å². The maximum absolute atomic E-state index is 12.2. The first-order valence-corrected chi connectivity index (χ1v) is 9.36. The Bertz CT molecular complexity index is 1180. The van der Waals surface area contributed by atoms with Crippen LogP contribution in [0.4, 0.5) is 13.2 Å². The lowest BCUT2D eigenvalue weighted by Gasteiger charge is -2.20. The third kappa shape index (κ3) is 4.48. The summed E-state index contributed by atoms with van der Waals surface area (Å²) in [4.78, 5) is 8.90. The van der Waals surface area contributed by atoms with Gasteiger partial charge in [0.1, 0.15) is 5.75 Å². The third-order valence-electron chi connectivity index (χ3n) is 5.02. The molecule has 0 fully saturated rings. The lowest BCUT2D eigenvalue weighted by Crippen LogP contribution is -2.40. The second-order valence-corrected chi connectivity index (χ2v) is 6.90. The normalized spacial score (nSPS) is 12.2. The Morgan fingerprint density at radius 1 is 0.969 bits per heavy atom. The number of carbonyl (C=O) groups is 1. The number of carboxylic acid groups (broad SMARTS) is 1. The summed E-state index contributed by atoms with van der Waals surface area (Å²) >= 11 is 0. The van der Waals surface area contributed by atoms with Crippen LogP contribution in [0.25, 0.3) is 22.0 Å². The minimum absolute atomic E-state index is 0.0953. The van der Waals surface area contributed by atoms with Crippen LogP contribution in [0.1, 0.15) is 5.56 Å². The van der Waals surface area contributed by atoms with Crippen molar-refractivity contribution in [2.24, 2.45) is 0 Å². The fraction of sp³-hybridized carbons (Fsp3) is 0.273. The molecule has 4 rings (SSSR count). The van der Waals surface area contributed by atoms with Crippen LogP contribution in [0.5, 0.6) is 23.0 Å². The van der Waals surface area contributed by atoms with E-state index in [1.54, 1.807) is 20.3 Å². The number of methoxy groups -OCH3 is 3. The van der Waals surface area contributed by atoms with Crippen molar-refractivity contribution in [2.75, 3.05) is 21.3 Å². The van der Waals surface area contributed by atoms with E-state index in [1.807, 2.05) is 18.2 Å². The first-order valence-electron chi connectivity index (χ1n) is 9.36. The monoisotopic (exact) mass is 451 g/mol. The van der Waals surface area contributed by atoms with E-state index in [1.165, 1.54) is 7.11 Å². The van der Waals surface area contributed by atoms with Crippen molar-refractivity contribution in [3.63, 3.8) is 0 Å². The lowest BCUT2D eigenvalue weighted by molar-refractivity contribution is -0.686. The molecule has 0 unspecified atom stereocenters. The Kier molecular flexibility index (Phi) is 6.33. The van der Waals surface area contributed by atoms with Crippen molar-refractivity contribution in [1.29, 1.82) is 0 Å². The molecule has 3 aromatic rings. The molecule has 32 heavy (non-hydrogen) atoms. The number of aromatic nitrogens is 1. The Hall–Kier alpha value is -3.69. The van der Waals surface area contributed by atoms with Crippen molar-refractivity contribution in [3.05, 3.63) is 42.1 Å². The Labute approximate surface area is 181 Å². The van der Waals surface area contributed by atoms with Gasteiger partial charge in [-0.1, -0.05) is 11.8 Å². The summed E-state index contributed by atoms with van der Waals surface area (Å²) in [5.41, 5.74) is 3.13. The first-order chi connectivity index (χ1) is 15.1. The minimum Gasteiger partial charge on any atom is -0.870 e.